The number of halogens is 1. The summed E-state index contributed by atoms with van der Waals surface area (Å²) in [6, 6.07) is 11.1. The lowest BCUT2D eigenvalue weighted by Gasteiger charge is -2.16. The van der Waals surface area contributed by atoms with Gasteiger partial charge in [-0.25, -0.2) is 0 Å². The first kappa shape index (κ1) is 16.2. The zero-order chi connectivity index (χ0) is 15.2. The van der Waals surface area contributed by atoms with Crippen molar-refractivity contribution in [1.29, 1.82) is 0 Å². The molecule has 3 nitrogen and oxygen atoms in total. The van der Waals surface area contributed by atoms with Crippen molar-refractivity contribution in [3.05, 3.63) is 51.8 Å². The van der Waals surface area contributed by atoms with Crippen LogP contribution >= 0.6 is 15.9 Å². The summed E-state index contributed by atoms with van der Waals surface area (Å²) >= 11 is 3.69. The Balaban J connectivity index is 1.96. The molecule has 4 heteroatoms. The van der Waals surface area contributed by atoms with Crippen LogP contribution in [0.5, 0.6) is 0 Å². The van der Waals surface area contributed by atoms with Gasteiger partial charge in [0.05, 0.1) is 15.9 Å². The molecule has 0 radical (unpaired) electrons. The van der Waals surface area contributed by atoms with E-state index in [1.807, 2.05) is 18.8 Å². The molecule has 1 unspecified atom stereocenters. The molecule has 0 saturated carbocycles. The van der Waals surface area contributed by atoms with Gasteiger partial charge in [-0.1, -0.05) is 37.3 Å². The summed E-state index contributed by atoms with van der Waals surface area (Å²) in [7, 11) is 4.07. The van der Waals surface area contributed by atoms with Crippen molar-refractivity contribution in [2.45, 2.75) is 38.6 Å². The SMILES string of the molecule is CCc1nn(C)c(CCCC(NC)c2ccccc2)c1Br. The molecule has 2 rings (SSSR count). The maximum absolute atomic E-state index is 4.56. The molecule has 0 aliphatic carbocycles. The molecule has 114 valence electrons. The van der Waals surface area contributed by atoms with E-state index in [4.69, 9.17) is 0 Å². The highest BCUT2D eigenvalue weighted by Crippen LogP contribution is 2.25. The van der Waals surface area contributed by atoms with Crippen LogP contribution in [0.15, 0.2) is 34.8 Å². The topological polar surface area (TPSA) is 29.9 Å². The summed E-state index contributed by atoms with van der Waals surface area (Å²) in [5.41, 5.74) is 3.81. The minimum Gasteiger partial charge on any atom is -0.313 e. The lowest BCUT2D eigenvalue weighted by atomic mass is 10.0. The standard InChI is InChI=1S/C17H24BrN3/c1-4-14-17(18)16(21(3)20-14)12-8-11-15(19-2)13-9-6-5-7-10-13/h5-7,9-10,15,19H,4,8,11-12H2,1-3H3. The Bertz CT molecular complexity index is 563. The van der Waals surface area contributed by atoms with Crippen LogP contribution in [0.25, 0.3) is 0 Å². The molecular weight excluding hydrogens is 326 g/mol. The molecule has 0 spiro atoms. The first-order valence-corrected chi connectivity index (χ1v) is 8.39. The molecule has 0 aliphatic rings. The van der Waals surface area contributed by atoms with Gasteiger partial charge in [0.25, 0.3) is 0 Å². The molecule has 21 heavy (non-hydrogen) atoms. The maximum Gasteiger partial charge on any atom is 0.0766 e. The average molecular weight is 350 g/mol. The molecule has 1 atom stereocenters. The second-order valence-corrected chi connectivity index (χ2v) is 6.12. The number of rotatable bonds is 7. The summed E-state index contributed by atoms with van der Waals surface area (Å²) in [5, 5.41) is 7.97. The van der Waals surface area contributed by atoms with Gasteiger partial charge in [0.2, 0.25) is 0 Å². The molecule has 0 aliphatic heterocycles. The van der Waals surface area contributed by atoms with Crippen LogP contribution in [0.3, 0.4) is 0 Å². The van der Waals surface area contributed by atoms with E-state index in [0.717, 1.165) is 31.4 Å². The Morgan fingerprint density at radius 1 is 1.29 bits per heavy atom. The lowest BCUT2D eigenvalue weighted by molar-refractivity contribution is 0.519. The van der Waals surface area contributed by atoms with Crippen LogP contribution in [-0.4, -0.2) is 16.8 Å². The fourth-order valence-electron chi connectivity index (χ4n) is 2.73. The van der Waals surface area contributed by atoms with Gasteiger partial charge in [0.1, 0.15) is 0 Å². The minimum absolute atomic E-state index is 0.420. The number of benzene rings is 1. The first-order valence-electron chi connectivity index (χ1n) is 7.59. The van der Waals surface area contributed by atoms with E-state index in [2.05, 4.69) is 63.6 Å². The third-order valence-corrected chi connectivity index (χ3v) is 4.88. The number of aromatic nitrogens is 2. The highest BCUT2D eigenvalue weighted by atomic mass is 79.9. The van der Waals surface area contributed by atoms with Crippen molar-refractivity contribution in [1.82, 2.24) is 15.1 Å². The van der Waals surface area contributed by atoms with Gasteiger partial charge in [-0.3, -0.25) is 4.68 Å². The van der Waals surface area contributed by atoms with E-state index >= 15 is 0 Å². The van der Waals surface area contributed by atoms with Crippen molar-refractivity contribution in [2.75, 3.05) is 7.05 Å². The highest BCUT2D eigenvalue weighted by Gasteiger charge is 2.14. The zero-order valence-corrected chi connectivity index (χ0v) is 14.7. The molecule has 0 fully saturated rings. The molecular formula is C17H24BrN3. The number of hydrogen-bond donors (Lipinski definition) is 1. The molecule has 2 aromatic rings. The molecule has 1 heterocycles. The van der Waals surface area contributed by atoms with Crippen molar-refractivity contribution in [3.8, 4) is 0 Å². The molecule has 0 bridgehead atoms. The quantitative estimate of drug-likeness (QED) is 0.817. The van der Waals surface area contributed by atoms with Crippen molar-refractivity contribution < 1.29 is 0 Å². The summed E-state index contributed by atoms with van der Waals surface area (Å²) < 4.78 is 3.20. The Morgan fingerprint density at radius 2 is 2.00 bits per heavy atom. The predicted molar refractivity (Wildman–Crippen MR) is 91.5 cm³/mol. The Kier molecular flexibility index (Phi) is 6.00. The minimum atomic E-state index is 0.420. The Hall–Kier alpha value is -1.13. The van der Waals surface area contributed by atoms with Crippen LogP contribution in [0.1, 0.15) is 42.8 Å². The Labute approximate surface area is 135 Å². The van der Waals surface area contributed by atoms with Gasteiger partial charge in [-0.2, -0.15) is 5.10 Å². The highest BCUT2D eigenvalue weighted by molar-refractivity contribution is 9.10. The van der Waals surface area contributed by atoms with E-state index in [-0.39, 0.29) is 0 Å². The fourth-order valence-corrected chi connectivity index (χ4v) is 3.54. The van der Waals surface area contributed by atoms with Crippen LogP contribution in [-0.2, 0) is 19.9 Å². The van der Waals surface area contributed by atoms with Gasteiger partial charge < -0.3 is 5.32 Å². The van der Waals surface area contributed by atoms with Crippen LogP contribution < -0.4 is 5.32 Å². The second-order valence-electron chi connectivity index (χ2n) is 5.33. The molecule has 1 aromatic carbocycles. The number of aryl methyl sites for hydroxylation is 2. The van der Waals surface area contributed by atoms with E-state index in [1.165, 1.54) is 15.7 Å². The van der Waals surface area contributed by atoms with Crippen molar-refractivity contribution in [2.24, 2.45) is 7.05 Å². The van der Waals surface area contributed by atoms with Gasteiger partial charge in [0, 0.05) is 13.1 Å². The van der Waals surface area contributed by atoms with Gasteiger partial charge in [-0.15, -0.1) is 0 Å². The van der Waals surface area contributed by atoms with E-state index in [9.17, 15) is 0 Å². The summed E-state index contributed by atoms with van der Waals surface area (Å²) in [6.45, 7) is 2.14. The largest absolute Gasteiger partial charge is 0.313 e. The monoisotopic (exact) mass is 349 g/mol. The fraction of sp³-hybridized carbons (Fsp3) is 0.471. The first-order chi connectivity index (χ1) is 10.2. The molecule has 1 N–H and O–H groups in total. The second kappa shape index (κ2) is 7.76. The van der Waals surface area contributed by atoms with E-state index in [1.54, 1.807) is 0 Å². The molecule has 1 aromatic heterocycles. The zero-order valence-electron chi connectivity index (χ0n) is 13.1. The van der Waals surface area contributed by atoms with Gasteiger partial charge in [0.15, 0.2) is 0 Å². The lowest BCUT2D eigenvalue weighted by Crippen LogP contribution is -2.16. The maximum atomic E-state index is 4.56. The predicted octanol–water partition coefficient (Wildman–Crippen LogP) is 4.03. The van der Waals surface area contributed by atoms with E-state index in [0.29, 0.717) is 6.04 Å². The summed E-state index contributed by atoms with van der Waals surface area (Å²) in [6.07, 6.45) is 4.29. The van der Waals surface area contributed by atoms with Gasteiger partial charge in [-0.05, 0) is 54.2 Å². The van der Waals surface area contributed by atoms with Crippen LogP contribution in [0, 0.1) is 0 Å². The molecule has 0 amide bonds. The number of nitrogens with zero attached hydrogens (tertiary/aromatic N) is 2. The number of hydrogen-bond acceptors (Lipinski definition) is 2. The smallest absolute Gasteiger partial charge is 0.0766 e. The van der Waals surface area contributed by atoms with E-state index < -0.39 is 0 Å². The van der Waals surface area contributed by atoms with Crippen molar-refractivity contribution in [3.63, 3.8) is 0 Å². The van der Waals surface area contributed by atoms with Crippen LogP contribution in [0.4, 0.5) is 0 Å². The third-order valence-electron chi connectivity index (χ3n) is 3.96. The normalized spacial score (nSPS) is 12.6. The molecule has 0 saturated heterocycles. The third kappa shape index (κ3) is 3.95. The van der Waals surface area contributed by atoms with Gasteiger partial charge >= 0.3 is 0 Å². The van der Waals surface area contributed by atoms with Crippen LogP contribution in [0.2, 0.25) is 0 Å². The average Bonchev–Trinajstić information content (AvgIpc) is 2.79. The summed E-state index contributed by atoms with van der Waals surface area (Å²) in [5.74, 6) is 0. The number of nitrogens with one attached hydrogen (secondary N) is 1. The summed E-state index contributed by atoms with van der Waals surface area (Å²) in [4.78, 5) is 0. The van der Waals surface area contributed by atoms with Crippen molar-refractivity contribution >= 4 is 15.9 Å². The Morgan fingerprint density at radius 3 is 2.57 bits per heavy atom.